The number of nitrogens with two attached hydrogens (primary N) is 1. The summed E-state index contributed by atoms with van der Waals surface area (Å²) in [6.45, 7) is 6.21. The van der Waals surface area contributed by atoms with E-state index in [1.54, 1.807) is 53.6 Å². The van der Waals surface area contributed by atoms with Crippen molar-refractivity contribution in [1.82, 2.24) is 35.1 Å². The van der Waals surface area contributed by atoms with Gasteiger partial charge >= 0.3 is 0 Å². The summed E-state index contributed by atoms with van der Waals surface area (Å²) in [6, 6.07) is 8.30. The standard InChI is InChI=1S/C31H35Cl2N9O2/c1-19(22-14-24(33)23(15-27(22)36-17-34)31(44)42-10-3-4-11-42)38-26(30-39-25-6-5-20(32)13-28(25)40-30)7-8-29(43)41(2)12-9-21-16-35-18-37-21/h5-6,13-18,26,38H,1,3-4,7-12H2,2H3,(H2,34,36)(H,35,37)(H,39,40). The van der Waals surface area contributed by atoms with Crippen LogP contribution in [-0.2, 0) is 11.2 Å². The fourth-order valence-corrected chi connectivity index (χ4v) is 5.69. The van der Waals surface area contributed by atoms with Gasteiger partial charge in [-0.2, -0.15) is 0 Å². The second kappa shape index (κ2) is 14.0. The SMILES string of the molecule is C=C(NC(CCC(=O)N(C)CCc1cnc[nH]1)c1nc2ccc(Cl)cc2[nH]1)c1cc(Cl)c(C(=O)N2CCCC2)cc1N=CN. The maximum Gasteiger partial charge on any atom is 0.255 e. The molecule has 0 spiro atoms. The van der Waals surface area contributed by atoms with Gasteiger partial charge in [-0.15, -0.1) is 0 Å². The number of benzene rings is 2. The van der Waals surface area contributed by atoms with E-state index in [4.69, 9.17) is 33.9 Å². The first-order valence-corrected chi connectivity index (χ1v) is 15.2. The number of imidazole rings is 2. The second-order valence-electron chi connectivity index (χ2n) is 10.8. The Morgan fingerprint density at radius 2 is 2.02 bits per heavy atom. The number of likely N-dealkylation sites (N-methyl/N-ethyl adjacent to an activating group) is 1. The summed E-state index contributed by atoms with van der Waals surface area (Å²) < 4.78 is 0. The average molecular weight is 637 g/mol. The van der Waals surface area contributed by atoms with Crippen LogP contribution in [0.4, 0.5) is 5.69 Å². The van der Waals surface area contributed by atoms with Gasteiger partial charge in [0.25, 0.3) is 5.91 Å². The van der Waals surface area contributed by atoms with Crippen LogP contribution in [0.3, 0.4) is 0 Å². The summed E-state index contributed by atoms with van der Waals surface area (Å²) in [5, 5.41) is 4.30. The minimum absolute atomic E-state index is 0.0117. The van der Waals surface area contributed by atoms with Crippen LogP contribution in [0.5, 0.6) is 0 Å². The van der Waals surface area contributed by atoms with E-state index in [0.29, 0.717) is 70.9 Å². The Hall–Kier alpha value is -4.35. The molecular weight excluding hydrogens is 601 g/mol. The Kier molecular flexibility index (Phi) is 9.86. The van der Waals surface area contributed by atoms with Crippen LogP contribution in [0.2, 0.25) is 10.0 Å². The van der Waals surface area contributed by atoms with Crippen molar-refractivity contribution in [2.24, 2.45) is 10.7 Å². The molecule has 0 bridgehead atoms. The second-order valence-corrected chi connectivity index (χ2v) is 11.6. The van der Waals surface area contributed by atoms with E-state index in [2.05, 4.69) is 31.8 Å². The third-order valence-electron chi connectivity index (χ3n) is 7.73. The number of carbonyl (C=O) groups excluding carboxylic acids is 2. The van der Waals surface area contributed by atoms with Crippen LogP contribution in [0.1, 0.15) is 59.2 Å². The number of aromatic nitrogens is 4. The van der Waals surface area contributed by atoms with E-state index in [1.165, 1.54) is 6.34 Å². The van der Waals surface area contributed by atoms with Crippen molar-refractivity contribution in [2.75, 3.05) is 26.7 Å². The molecule has 1 aliphatic rings. The lowest BCUT2D eigenvalue weighted by molar-refractivity contribution is -0.130. The molecule has 5 N–H and O–H groups in total. The van der Waals surface area contributed by atoms with Crippen molar-refractivity contribution >= 4 is 63.8 Å². The summed E-state index contributed by atoms with van der Waals surface area (Å²) in [7, 11) is 1.79. The number of nitrogens with one attached hydrogen (secondary N) is 3. The molecule has 4 aromatic rings. The molecule has 1 aliphatic heterocycles. The quantitative estimate of drug-likeness (QED) is 0.124. The van der Waals surface area contributed by atoms with Crippen molar-refractivity contribution < 1.29 is 9.59 Å². The third-order valence-corrected chi connectivity index (χ3v) is 8.28. The van der Waals surface area contributed by atoms with Gasteiger partial charge in [0.15, 0.2) is 0 Å². The number of H-pyrrole nitrogens is 2. The molecule has 44 heavy (non-hydrogen) atoms. The number of likely N-dealkylation sites (tertiary alicyclic amines) is 1. The van der Waals surface area contributed by atoms with Crippen LogP contribution < -0.4 is 11.1 Å². The third kappa shape index (κ3) is 7.23. The molecule has 1 atom stereocenters. The molecule has 0 radical (unpaired) electrons. The Bertz CT molecular complexity index is 1680. The number of fused-ring (bicyclic) bond motifs is 1. The Morgan fingerprint density at radius 1 is 1.23 bits per heavy atom. The maximum atomic E-state index is 13.2. The molecule has 1 fully saturated rings. The first-order valence-electron chi connectivity index (χ1n) is 14.4. The van der Waals surface area contributed by atoms with E-state index < -0.39 is 6.04 Å². The van der Waals surface area contributed by atoms with Crippen LogP contribution in [0.25, 0.3) is 16.7 Å². The van der Waals surface area contributed by atoms with Crippen LogP contribution in [0, 0.1) is 0 Å². The van der Waals surface area contributed by atoms with Gasteiger partial charge in [0.05, 0.1) is 46.0 Å². The molecule has 230 valence electrons. The molecule has 1 saturated heterocycles. The highest BCUT2D eigenvalue weighted by Crippen LogP contribution is 2.34. The molecular formula is C31H35Cl2N9O2. The number of rotatable bonds is 12. The minimum atomic E-state index is -0.432. The lowest BCUT2D eigenvalue weighted by Crippen LogP contribution is -2.30. The Balaban J connectivity index is 1.38. The summed E-state index contributed by atoms with van der Waals surface area (Å²) in [6.07, 6.45) is 7.81. The zero-order chi connectivity index (χ0) is 31.2. The molecule has 1 unspecified atom stereocenters. The predicted octanol–water partition coefficient (Wildman–Crippen LogP) is 5.23. The Labute approximate surface area is 265 Å². The average Bonchev–Trinajstić information content (AvgIpc) is 3.80. The van der Waals surface area contributed by atoms with Gasteiger partial charge < -0.3 is 30.8 Å². The van der Waals surface area contributed by atoms with Crippen LogP contribution in [-0.4, -0.2) is 74.6 Å². The van der Waals surface area contributed by atoms with E-state index in [-0.39, 0.29) is 18.2 Å². The topological polar surface area (TPSA) is 148 Å². The number of amides is 2. The van der Waals surface area contributed by atoms with Gasteiger partial charge in [0, 0.05) is 67.7 Å². The lowest BCUT2D eigenvalue weighted by Gasteiger charge is -2.23. The van der Waals surface area contributed by atoms with Gasteiger partial charge in [-0.05, 0) is 49.6 Å². The molecule has 5 rings (SSSR count). The van der Waals surface area contributed by atoms with Gasteiger partial charge in [-0.1, -0.05) is 29.8 Å². The normalized spacial score (nSPS) is 13.9. The number of carbonyl (C=O) groups is 2. The smallest absolute Gasteiger partial charge is 0.255 e. The lowest BCUT2D eigenvalue weighted by atomic mass is 10.0. The van der Waals surface area contributed by atoms with Crippen molar-refractivity contribution in [1.29, 1.82) is 0 Å². The number of nitrogens with zero attached hydrogens (tertiary/aromatic N) is 5. The number of aromatic amines is 2. The summed E-state index contributed by atoms with van der Waals surface area (Å²) in [5.41, 5.74) is 10.0. The molecule has 11 nitrogen and oxygen atoms in total. The van der Waals surface area contributed by atoms with E-state index in [0.717, 1.165) is 29.6 Å². The largest absolute Gasteiger partial charge is 0.390 e. The highest BCUT2D eigenvalue weighted by atomic mass is 35.5. The summed E-state index contributed by atoms with van der Waals surface area (Å²) in [5.74, 6) is 0.467. The summed E-state index contributed by atoms with van der Waals surface area (Å²) in [4.78, 5) is 49.3. The zero-order valence-electron chi connectivity index (χ0n) is 24.4. The van der Waals surface area contributed by atoms with Gasteiger partial charge in [0.2, 0.25) is 5.91 Å². The van der Waals surface area contributed by atoms with Crippen LogP contribution >= 0.6 is 23.2 Å². The fourth-order valence-electron chi connectivity index (χ4n) is 5.27. The monoisotopic (exact) mass is 635 g/mol. The zero-order valence-corrected chi connectivity index (χ0v) is 26.0. The molecule has 13 heteroatoms. The number of halogens is 2. The first-order chi connectivity index (χ1) is 21.2. The van der Waals surface area contributed by atoms with Crippen molar-refractivity contribution in [2.45, 2.75) is 38.1 Å². The number of hydrogen-bond acceptors (Lipinski definition) is 6. The van der Waals surface area contributed by atoms with E-state index in [1.807, 2.05) is 6.07 Å². The van der Waals surface area contributed by atoms with Crippen molar-refractivity contribution in [3.8, 4) is 0 Å². The summed E-state index contributed by atoms with van der Waals surface area (Å²) >= 11 is 12.9. The number of aliphatic imine (C=N–C) groups is 1. The minimum Gasteiger partial charge on any atom is -0.390 e. The molecule has 2 aromatic heterocycles. The molecule has 0 saturated carbocycles. The molecule has 3 heterocycles. The van der Waals surface area contributed by atoms with E-state index in [9.17, 15) is 9.59 Å². The first kappa shape index (κ1) is 31.1. The number of hydrogen-bond donors (Lipinski definition) is 4. The molecule has 2 amide bonds. The van der Waals surface area contributed by atoms with Crippen LogP contribution in [0.15, 0.2) is 54.4 Å². The van der Waals surface area contributed by atoms with Gasteiger partial charge in [-0.3, -0.25) is 9.59 Å². The fraction of sp³-hybridized carbons (Fsp3) is 0.323. The Morgan fingerprint density at radius 3 is 2.75 bits per heavy atom. The van der Waals surface area contributed by atoms with Crippen molar-refractivity contribution in [3.05, 3.63) is 82.1 Å². The van der Waals surface area contributed by atoms with Gasteiger partial charge in [-0.25, -0.2) is 15.0 Å². The predicted molar refractivity (Wildman–Crippen MR) is 174 cm³/mol. The maximum absolute atomic E-state index is 13.2. The molecule has 0 aliphatic carbocycles. The molecule has 2 aromatic carbocycles. The highest BCUT2D eigenvalue weighted by molar-refractivity contribution is 6.34. The van der Waals surface area contributed by atoms with Gasteiger partial charge in [0.1, 0.15) is 5.82 Å². The highest BCUT2D eigenvalue weighted by Gasteiger charge is 2.25. The van der Waals surface area contributed by atoms with Crippen molar-refractivity contribution in [3.63, 3.8) is 0 Å². The van der Waals surface area contributed by atoms with E-state index >= 15 is 0 Å².